The summed E-state index contributed by atoms with van der Waals surface area (Å²) in [5, 5.41) is 3.61. The molecule has 2 heteroatoms. The molecule has 0 aliphatic heterocycles. The quantitative estimate of drug-likeness (QED) is 0.712. The highest BCUT2D eigenvalue weighted by Crippen LogP contribution is 2.40. The minimum absolute atomic E-state index is 0.713. The monoisotopic (exact) mass is 219 g/mol. The van der Waals surface area contributed by atoms with Crippen LogP contribution in [-0.4, -0.2) is 26.3 Å². The summed E-state index contributed by atoms with van der Waals surface area (Å²) in [5.74, 6) is 0.753. The summed E-state index contributed by atoms with van der Waals surface area (Å²) < 4.78 is 5.03. The number of hydrogen-bond acceptors (Lipinski definition) is 2. The van der Waals surface area contributed by atoms with Crippen molar-refractivity contribution < 1.29 is 4.74 Å². The highest BCUT2D eigenvalue weighted by Gasteiger charge is 2.37. The molecule has 2 unspecified atom stereocenters. The summed E-state index contributed by atoms with van der Waals surface area (Å²) in [5.41, 5.74) is 1.48. The highest BCUT2D eigenvalue weighted by atomic mass is 16.5. The standard InChI is InChI=1S/C14H21NO/c1-16-10-6-5-9-15-14-11-13(14)12-7-3-2-4-8-12/h2-4,7-8,13-15H,5-6,9-11H2,1H3. The van der Waals surface area contributed by atoms with E-state index in [4.69, 9.17) is 4.74 Å². The van der Waals surface area contributed by atoms with Crippen LogP contribution in [0.3, 0.4) is 0 Å². The van der Waals surface area contributed by atoms with Gasteiger partial charge in [-0.1, -0.05) is 30.3 Å². The van der Waals surface area contributed by atoms with E-state index in [0.717, 1.165) is 25.5 Å². The molecule has 1 aromatic carbocycles. The van der Waals surface area contributed by atoms with Gasteiger partial charge in [0.1, 0.15) is 0 Å². The summed E-state index contributed by atoms with van der Waals surface area (Å²) in [6.07, 6.45) is 3.67. The molecular weight excluding hydrogens is 198 g/mol. The maximum atomic E-state index is 5.03. The van der Waals surface area contributed by atoms with Crippen molar-refractivity contribution in [2.24, 2.45) is 0 Å². The zero-order valence-corrected chi connectivity index (χ0v) is 9.99. The van der Waals surface area contributed by atoms with Gasteiger partial charge in [0.2, 0.25) is 0 Å². The lowest BCUT2D eigenvalue weighted by atomic mass is 10.1. The summed E-state index contributed by atoms with van der Waals surface area (Å²) in [7, 11) is 1.76. The van der Waals surface area contributed by atoms with Crippen LogP contribution in [0.1, 0.15) is 30.7 Å². The van der Waals surface area contributed by atoms with Crippen LogP contribution in [0, 0.1) is 0 Å². The molecule has 16 heavy (non-hydrogen) atoms. The van der Waals surface area contributed by atoms with E-state index in [0.29, 0.717) is 6.04 Å². The first-order valence-electron chi connectivity index (χ1n) is 6.19. The molecule has 0 amide bonds. The van der Waals surface area contributed by atoms with Gasteiger partial charge in [0.25, 0.3) is 0 Å². The number of benzene rings is 1. The van der Waals surface area contributed by atoms with E-state index in [1.807, 2.05) is 0 Å². The van der Waals surface area contributed by atoms with Gasteiger partial charge in [-0.25, -0.2) is 0 Å². The van der Waals surface area contributed by atoms with E-state index in [2.05, 4.69) is 35.6 Å². The van der Waals surface area contributed by atoms with Crippen molar-refractivity contribution in [1.82, 2.24) is 5.32 Å². The predicted molar refractivity (Wildman–Crippen MR) is 66.7 cm³/mol. The Morgan fingerprint density at radius 1 is 1.25 bits per heavy atom. The number of nitrogens with one attached hydrogen (secondary N) is 1. The molecule has 2 rings (SSSR count). The average molecular weight is 219 g/mol. The second kappa shape index (κ2) is 6.02. The summed E-state index contributed by atoms with van der Waals surface area (Å²) in [6.45, 7) is 2.01. The van der Waals surface area contributed by atoms with Gasteiger partial charge in [0.05, 0.1) is 0 Å². The Balaban J connectivity index is 1.61. The van der Waals surface area contributed by atoms with Crippen LogP contribution in [-0.2, 0) is 4.74 Å². The molecule has 0 spiro atoms. The fourth-order valence-corrected chi connectivity index (χ4v) is 2.15. The van der Waals surface area contributed by atoms with E-state index in [1.165, 1.54) is 18.4 Å². The SMILES string of the molecule is COCCCCNC1CC1c1ccccc1. The molecule has 0 aromatic heterocycles. The lowest BCUT2D eigenvalue weighted by Gasteiger charge is -2.04. The molecule has 0 radical (unpaired) electrons. The van der Waals surface area contributed by atoms with Gasteiger partial charge in [-0.15, -0.1) is 0 Å². The Hall–Kier alpha value is -0.860. The van der Waals surface area contributed by atoms with Crippen LogP contribution >= 0.6 is 0 Å². The number of hydrogen-bond donors (Lipinski definition) is 1. The molecule has 1 saturated carbocycles. The smallest absolute Gasteiger partial charge is 0.0462 e. The van der Waals surface area contributed by atoms with E-state index in [-0.39, 0.29) is 0 Å². The van der Waals surface area contributed by atoms with Gasteiger partial charge >= 0.3 is 0 Å². The molecule has 1 N–H and O–H groups in total. The second-order valence-corrected chi connectivity index (χ2v) is 4.51. The van der Waals surface area contributed by atoms with Gasteiger partial charge in [0, 0.05) is 25.7 Å². The Bertz CT molecular complexity index is 299. The number of unbranched alkanes of at least 4 members (excludes halogenated alkanes) is 1. The summed E-state index contributed by atoms with van der Waals surface area (Å²) >= 11 is 0. The third-order valence-electron chi connectivity index (χ3n) is 3.20. The van der Waals surface area contributed by atoms with Crippen molar-refractivity contribution in [2.45, 2.75) is 31.2 Å². The Kier molecular flexibility index (Phi) is 4.37. The van der Waals surface area contributed by atoms with Gasteiger partial charge in [-0.2, -0.15) is 0 Å². The van der Waals surface area contributed by atoms with Crippen LogP contribution in [0.4, 0.5) is 0 Å². The minimum atomic E-state index is 0.713. The van der Waals surface area contributed by atoms with Gasteiger partial charge < -0.3 is 10.1 Å². The van der Waals surface area contributed by atoms with E-state index in [9.17, 15) is 0 Å². The molecule has 1 aliphatic carbocycles. The number of ether oxygens (including phenoxy) is 1. The normalized spacial score (nSPS) is 23.3. The van der Waals surface area contributed by atoms with Crippen molar-refractivity contribution in [3.63, 3.8) is 0 Å². The lowest BCUT2D eigenvalue weighted by Crippen LogP contribution is -2.19. The lowest BCUT2D eigenvalue weighted by molar-refractivity contribution is 0.192. The molecule has 88 valence electrons. The van der Waals surface area contributed by atoms with Crippen molar-refractivity contribution in [1.29, 1.82) is 0 Å². The predicted octanol–water partition coefficient (Wildman–Crippen LogP) is 2.56. The first kappa shape index (κ1) is 11.6. The fraction of sp³-hybridized carbons (Fsp3) is 0.571. The third kappa shape index (κ3) is 3.32. The zero-order valence-electron chi connectivity index (χ0n) is 9.99. The average Bonchev–Trinajstić information content (AvgIpc) is 3.10. The highest BCUT2D eigenvalue weighted by molar-refractivity contribution is 5.27. The molecule has 2 nitrogen and oxygen atoms in total. The van der Waals surface area contributed by atoms with Crippen LogP contribution in [0.5, 0.6) is 0 Å². The van der Waals surface area contributed by atoms with E-state index >= 15 is 0 Å². The topological polar surface area (TPSA) is 21.3 Å². The van der Waals surface area contributed by atoms with Crippen LogP contribution < -0.4 is 5.32 Å². The largest absolute Gasteiger partial charge is 0.385 e. The summed E-state index contributed by atoms with van der Waals surface area (Å²) in [6, 6.07) is 11.5. The molecule has 0 bridgehead atoms. The summed E-state index contributed by atoms with van der Waals surface area (Å²) in [4.78, 5) is 0. The van der Waals surface area contributed by atoms with Gasteiger partial charge in [-0.3, -0.25) is 0 Å². The fourth-order valence-electron chi connectivity index (χ4n) is 2.15. The Morgan fingerprint density at radius 2 is 2.06 bits per heavy atom. The number of methoxy groups -OCH3 is 1. The van der Waals surface area contributed by atoms with Crippen molar-refractivity contribution in [3.8, 4) is 0 Å². The molecule has 2 atom stereocenters. The van der Waals surface area contributed by atoms with Crippen molar-refractivity contribution in [2.75, 3.05) is 20.3 Å². The maximum absolute atomic E-state index is 5.03. The first-order chi connectivity index (χ1) is 7.92. The minimum Gasteiger partial charge on any atom is -0.385 e. The first-order valence-corrected chi connectivity index (χ1v) is 6.19. The van der Waals surface area contributed by atoms with Crippen molar-refractivity contribution >= 4 is 0 Å². The second-order valence-electron chi connectivity index (χ2n) is 4.51. The van der Waals surface area contributed by atoms with Crippen LogP contribution in [0.2, 0.25) is 0 Å². The molecule has 1 aromatic rings. The molecule has 0 heterocycles. The Morgan fingerprint density at radius 3 is 2.81 bits per heavy atom. The molecule has 1 fully saturated rings. The van der Waals surface area contributed by atoms with Gasteiger partial charge in [-0.05, 0) is 31.4 Å². The van der Waals surface area contributed by atoms with Crippen LogP contribution in [0.25, 0.3) is 0 Å². The van der Waals surface area contributed by atoms with Crippen molar-refractivity contribution in [3.05, 3.63) is 35.9 Å². The number of rotatable bonds is 7. The van der Waals surface area contributed by atoms with E-state index < -0.39 is 0 Å². The molecule has 0 saturated heterocycles. The maximum Gasteiger partial charge on any atom is 0.0462 e. The van der Waals surface area contributed by atoms with Gasteiger partial charge in [0.15, 0.2) is 0 Å². The van der Waals surface area contributed by atoms with E-state index in [1.54, 1.807) is 7.11 Å². The molecular formula is C14H21NO. The molecule has 1 aliphatic rings. The zero-order chi connectivity index (χ0) is 11.2. The Labute approximate surface area is 98.0 Å². The van der Waals surface area contributed by atoms with Crippen LogP contribution in [0.15, 0.2) is 30.3 Å². The third-order valence-corrected chi connectivity index (χ3v) is 3.20.